The van der Waals surface area contributed by atoms with E-state index >= 15 is 4.39 Å². The van der Waals surface area contributed by atoms with Crippen molar-refractivity contribution >= 4 is 12.4 Å². The first-order valence-electron chi connectivity index (χ1n) is 10.9. The van der Waals surface area contributed by atoms with E-state index in [2.05, 4.69) is 0 Å². The van der Waals surface area contributed by atoms with E-state index in [1.165, 1.54) is 0 Å². The molecule has 0 spiro atoms. The third kappa shape index (κ3) is 5.75. The number of amides is 1. The van der Waals surface area contributed by atoms with Gasteiger partial charge in [0.15, 0.2) is 0 Å². The number of nitrogens with zero attached hydrogens (tertiary/aromatic N) is 3. The lowest BCUT2D eigenvalue weighted by atomic mass is 9.95. The van der Waals surface area contributed by atoms with Gasteiger partial charge in [-0.2, -0.15) is 5.26 Å². The SMILES string of the molecule is Cc1ccc(C(F)CN2CCN(C(=O)Cc3cc(F)c(C#N)cc3F)CC2)c(C)c1COC=O. The van der Waals surface area contributed by atoms with Crippen molar-refractivity contribution in [3.8, 4) is 6.07 Å². The van der Waals surface area contributed by atoms with Gasteiger partial charge in [-0.15, -0.1) is 0 Å². The summed E-state index contributed by atoms with van der Waals surface area (Å²) in [4.78, 5) is 26.6. The highest BCUT2D eigenvalue weighted by molar-refractivity contribution is 5.79. The summed E-state index contributed by atoms with van der Waals surface area (Å²) < 4.78 is 47.9. The highest BCUT2D eigenvalue weighted by atomic mass is 19.1. The van der Waals surface area contributed by atoms with E-state index < -0.39 is 23.4 Å². The van der Waals surface area contributed by atoms with Crippen LogP contribution >= 0.6 is 0 Å². The molecule has 6 nitrogen and oxygen atoms in total. The van der Waals surface area contributed by atoms with Crippen molar-refractivity contribution in [3.05, 3.63) is 69.3 Å². The average molecular weight is 473 g/mol. The summed E-state index contributed by atoms with van der Waals surface area (Å²) in [5.74, 6) is -2.01. The van der Waals surface area contributed by atoms with Crippen molar-refractivity contribution in [2.24, 2.45) is 0 Å². The average Bonchev–Trinajstić information content (AvgIpc) is 2.81. The van der Waals surface area contributed by atoms with Crippen LogP contribution in [0.3, 0.4) is 0 Å². The Hall–Kier alpha value is -3.38. The van der Waals surface area contributed by atoms with Gasteiger partial charge in [0, 0.05) is 38.3 Å². The van der Waals surface area contributed by atoms with Gasteiger partial charge < -0.3 is 9.64 Å². The van der Waals surface area contributed by atoms with Crippen LogP contribution in [0.5, 0.6) is 0 Å². The zero-order valence-corrected chi connectivity index (χ0v) is 19.1. The number of alkyl halides is 1. The molecule has 0 aliphatic carbocycles. The van der Waals surface area contributed by atoms with Gasteiger partial charge in [-0.25, -0.2) is 13.2 Å². The molecule has 0 aromatic heterocycles. The van der Waals surface area contributed by atoms with Crippen LogP contribution < -0.4 is 0 Å². The summed E-state index contributed by atoms with van der Waals surface area (Å²) in [5, 5.41) is 8.77. The maximum Gasteiger partial charge on any atom is 0.293 e. The fourth-order valence-corrected chi connectivity index (χ4v) is 4.18. The van der Waals surface area contributed by atoms with Gasteiger partial charge in [0.05, 0.1) is 12.0 Å². The smallest absolute Gasteiger partial charge is 0.293 e. The van der Waals surface area contributed by atoms with E-state index in [0.717, 1.165) is 28.8 Å². The van der Waals surface area contributed by atoms with E-state index in [1.54, 1.807) is 30.0 Å². The molecule has 1 aliphatic rings. The number of halogens is 3. The molecule has 1 amide bonds. The molecule has 2 aromatic rings. The molecule has 0 saturated carbocycles. The number of rotatable bonds is 8. The molecule has 1 saturated heterocycles. The summed E-state index contributed by atoms with van der Waals surface area (Å²) in [6.07, 6.45) is -1.57. The zero-order valence-electron chi connectivity index (χ0n) is 19.1. The number of benzene rings is 2. The van der Waals surface area contributed by atoms with Crippen LogP contribution in [-0.2, 0) is 27.4 Å². The Morgan fingerprint density at radius 2 is 1.88 bits per heavy atom. The molecule has 1 unspecified atom stereocenters. The van der Waals surface area contributed by atoms with Crippen molar-refractivity contribution in [1.29, 1.82) is 5.26 Å². The Bertz CT molecular complexity index is 1110. The van der Waals surface area contributed by atoms with E-state index in [-0.39, 0.29) is 31.0 Å². The first-order chi connectivity index (χ1) is 16.2. The van der Waals surface area contributed by atoms with E-state index in [9.17, 15) is 18.4 Å². The number of hydrogen-bond acceptors (Lipinski definition) is 5. The van der Waals surface area contributed by atoms with E-state index in [4.69, 9.17) is 10.00 Å². The fraction of sp³-hybridized carbons (Fsp3) is 0.400. The molecule has 0 radical (unpaired) electrons. The second-order valence-corrected chi connectivity index (χ2v) is 8.34. The Morgan fingerprint density at radius 1 is 1.18 bits per heavy atom. The Morgan fingerprint density at radius 3 is 2.53 bits per heavy atom. The van der Waals surface area contributed by atoms with E-state index in [0.29, 0.717) is 38.2 Å². The van der Waals surface area contributed by atoms with Gasteiger partial charge in [-0.1, -0.05) is 12.1 Å². The first-order valence-corrected chi connectivity index (χ1v) is 10.9. The van der Waals surface area contributed by atoms with Crippen LogP contribution in [0.25, 0.3) is 0 Å². The summed E-state index contributed by atoms with van der Waals surface area (Å²) in [6.45, 7) is 5.87. The van der Waals surface area contributed by atoms with Gasteiger partial charge in [0.25, 0.3) is 6.47 Å². The molecular formula is C25H26F3N3O3. The summed E-state index contributed by atoms with van der Waals surface area (Å²) in [6, 6.07) is 6.79. The summed E-state index contributed by atoms with van der Waals surface area (Å²) in [5.41, 5.74) is 2.48. The Kier molecular flexibility index (Phi) is 8.29. The second kappa shape index (κ2) is 11.2. The lowest BCUT2D eigenvalue weighted by molar-refractivity contribution is -0.132. The van der Waals surface area contributed by atoms with Crippen LogP contribution in [0, 0.1) is 36.8 Å². The minimum Gasteiger partial charge on any atom is -0.463 e. The highest BCUT2D eigenvalue weighted by Gasteiger charge is 2.26. The Balaban J connectivity index is 1.57. The van der Waals surface area contributed by atoms with Crippen LogP contribution in [0.2, 0.25) is 0 Å². The second-order valence-electron chi connectivity index (χ2n) is 8.34. The minimum absolute atomic E-state index is 0.0895. The number of carbonyl (C=O) groups excluding carboxylic acids is 2. The van der Waals surface area contributed by atoms with Crippen LogP contribution in [0.4, 0.5) is 13.2 Å². The van der Waals surface area contributed by atoms with E-state index in [1.807, 2.05) is 11.8 Å². The maximum absolute atomic E-state index is 15.2. The highest BCUT2D eigenvalue weighted by Crippen LogP contribution is 2.28. The molecule has 9 heteroatoms. The van der Waals surface area contributed by atoms with Gasteiger partial charge in [-0.3, -0.25) is 14.5 Å². The first kappa shape index (κ1) is 25.2. The zero-order chi connectivity index (χ0) is 24.8. The molecule has 1 heterocycles. The van der Waals surface area contributed by atoms with Crippen LogP contribution in [0.1, 0.15) is 39.6 Å². The number of piperazine rings is 1. The number of ether oxygens (including phenoxy) is 1. The monoisotopic (exact) mass is 473 g/mol. The molecule has 0 N–H and O–H groups in total. The quantitative estimate of drug-likeness (QED) is 0.549. The van der Waals surface area contributed by atoms with Gasteiger partial charge in [0.2, 0.25) is 5.91 Å². The molecule has 0 bridgehead atoms. The molecule has 3 rings (SSSR count). The molecule has 180 valence electrons. The fourth-order valence-electron chi connectivity index (χ4n) is 4.18. The van der Waals surface area contributed by atoms with Crippen molar-refractivity contribution in [2.75, 3.05) is 32.7 Å². The number of hydrogen-bond donors (Lipinski definition) is 0. The largest absolute Gasteiger partial charge is 0.463 e. The van der Waals surface area contributed by atoms with Gasteiger partial charge >= 0.3 is 0 Å². The standard InChI is InChI=1S/C25H26F3N3O3/c1-16-3-4-20(17(2)21(16)14-34-15-32)24(28)13-30-5-7-31(8-6-30)25(33)11-18-9-23(27)19(12-29)10-22(18)26/h3-4,9-10,15,24H,5-8,11,13-14H2,1-2H3. The normalized spacial score (nSPS) is 15.0. The molecular weight excluding hydrogens is 447 g/mol. The molecule has 1 atom stereocenters. The molecule has 1 aliphatic heterocycles. The lowest BCUT2D eigenvalue weighted by Gasteiger charge is -2.35. The molecule has 2 aromatic carbocycles. The Labute approximate surface area is 196 Å². The van der Waals surface area contributed by atoms with Gasteiger partial charge in [0.1, 0.15) is 30.5 Å². The topological polar surface area (TPSA) is 73.6 Å². The number of aryl methyl sites for hydroxylation is 1. The van der Waals surface area contributed by atoms with Crippen molar-refractivity contribution in [1.82, 2.24) is 9.80 Å². The predicted molar refractivity (Wildman–Crippen MR) is 118 cm³/mol. The van der Waals surface area contributed by atoms with Crippen molar-refractivity contribution in [3.63, 3.8) is 0 Å². The van der Waals surface area contributed by atoms with Crippen molar-refractivity contribution < 1.29 is 27.5 Å². The minimum atomic E-state index is -1.26. The number of nitriles is 1. The lowest BCUT2D eigenvalue weighted by Crippen LogP contribution is -2.49. The molecule has 1 fully saturated rings. The third-order valence-electron chi connectivity index (χ3n) is 6.25. The molecule has 34 heavy (non-hydrogen) atoms. The summed E-state index contributed by atoms with van der Waals surface area (Å²) in [7, 11) is 0. The maximum atomic E-state index is 15.2. The van der Waals surface area contributed by atoms with Crippen LogP contribution in [-0.4, -0.2) is 54.9 Å². The van der Waals surface area contributed by atoms with Crippen LogP contribution in [0.15, 0.2) is 24.3 Å². The van der Waals surface area contributed by atoms with Crippen molar-refractivity contribution in [2.45, 2.75) is 33.0 Å². The number of carbonyl (C=O) groups is 2. The summed E-state index contributed by atoms with van der Waals surface area (Å²) >= 11 is 0. The third-order valence-corrected chi connectivity index (χ3v) is 6.25. The predicted octanol–water partition coefficient (Wildman–Crippen LogP) is 3.52. The van der Waals surface area contributed by atoms with Gasteiger partial charge in [-0.05, 0) is 48.2 Å².